The molecule has 6 atom stereocenters. The number of hydrogen-bond acceptors (Lipinski definition) is 9. The van der Waals surface area contributed by atoms with Crippen LogP contribution < -0.4 is 0 Å². The summed E-state index contributed by atoms with van der Waals surface area (Å²) in [6.07, 6.45) is -3.50. The highest BCUT2D eigenvalue weighted by Gasteiger charge is 2.51. The number of rotatable bonds is 8. The Bertz CT molecular complexity index is 771. The van der Waals surface area contributed by atoms with Crippen molar-refractivity contribution in [2.24, 2.45) is 5.41 Å². The number of esters is 2. The average Bonchev–Trinajstić information content (AvgIpc) is 2.76. The Morgan fingerprint density at radius 3 is 2.59 bits per heavy atom. The number of carbonyl (C=O) groups is 2. The molecule has 3 rings (SSSR count). The Morgan fingerprint density at radius 1 is 1.22 bits per heavy atom. The third-order valence-corrected chi connectivity index (χ3v) is 6.58. The highest BCUT2D eigenvalue weighted by molar-refractivity contribution is 7.99. The quantitative estimate of drug-likeness (QED) is 0.577. The number of ether oxygens (including phenoxy) is 5. The van der Waals surface area contributed by atoms with Crippen LogP contribution in [0.3, 0.4) is 0 Å². The molecule has 2 saturated heterocycles. The van der Waals surface area contributed by atoms with Gasteiger partial charge in [0, 0.05) is 12.5 Å². The van der Waals surface area contributed by atoms with Gasteiger partial charge in [-0.25, -0.2) is 0 Å². The van der Waals surface area contributed by atoms with Crippen molar-refractivity contribution in [1.29, 1.82) is 0 Å². The molecule has 1 aromatic rings. The molecule has 0 amide bonds. The number of fused-ring (bicyclic) bond motifs is 1. The van der Waals surface area contributed by atoms with Crippen LogP contribution in [0.25, 0.3) is 0 Å². The predicted octanol–water partition coefficient (Wildman–Crippen LogP) is 2.83. The molecule has 0 radical (unpaired) electrons. The fraction of sp³-hybridized carbons (Fsp3) is 0.652. The summed E-state index contributed by atoms with van der Waals surface area (Å²) >= 11 is 1.45. The summed E-state index contributed by atoms with van der Waals surface area (Å²) in [6, 6.07) is 9.45. The number of carbonyl (C=O) groups excluding carboxylic acids is 2. The standard InChI is InChI=1S/C23H32O8S/c1-5-32-21-19(31-22(26)23(3,4)11-12-27-14(2)24)17(25)18-16(29-21)13-28-20(30-18)15-9-7-6-8-10-15/h6-10,16-21,25H,5,11-13H2,1-4H3/t16?,17-,18+,19?,20?,21-/m0/s1. The molecule has 0 bridgehead atoms. The van der Waals surface area contributed by atoms with E-state index in [9.17, 15) is 14.7 Å². The molecule has 0 saturated carbocycles. The maximum atomic E-state index is 12.9. The van der Waals surface area contributed by atoms with E-state index in [1.165, 1.54) is 18.7 Å². The van der Waals surface area contributed by atoms with Crippen molar-refractivity contribution >= 4 is 23.7 Å². The van der Waals surface area contributed by atoms with Crippen LogP contribution in [0.2, 0.25) is 0 Å². The van der Waals surface area contributed by atoms with Crippen molar-refractivity contribution in [2.45, 2.75) is 70.3 Å². The van der Waals surface area contributed by atoms with E-state index in [0.29, 0.717) is 12.2 Å². The first kappa shape index (κ1) is 25.0. The van der Waals surface area contributed by atoms with Crippen LogP contribution in [0.4, 0.5) is 0 Å². The SMILES string of the molecule is CCS[C@@H]1OC2COC(c3ccccc3)O[C@H]2[C@H](O)C1OC(=O)C(C)(C)CCOC(C)=O. The van der Waals surface area contributed by atoms with Crippen molar-refractivity contribution in [2.75, 3.05) is 19.0 Å². The number of hydrogen-bond donors (Lipinski definition) is 1. The highest BCUT2D eigenvalue weighted by atomic mass is 32.2. The minimum atomic E-state index is -1.08. The molecule has 2 aliphatic heterocycles. The molecular weight excluding hydrogens is 436 g/mol. The van der Waals surface area contributed by atoms with Gasteiger partial charge >= 0.3 is 11.9 Å². The zero-order chi connectivity index (χ0) is 23.3. The lowest BCUT2D eigenvalue weighted by atomic mass is 9.89. The maximum Gasteiger partial charge on any atom is 0.312 e. The summed E-state index contributed by atoms with van der Waals surface area (Å²) in [6.45, 7) is 7.09. The molecule has 32 heavy (non-hydrogen) atoms. The average molecular weight is 469 g/mol. The van der Waals surface area contributed by atoms with Crippen molar-refractivity contribution in [3.05, 3.63) is 35.9 Å². The summed E-state index contributed by atoms with van der Waals surface area (Å²) in [5, 5.41) is 11.2. The van der Waals surface area contributed by atoms with Crippen LogP contribution in [0.1, 0.15) is 46.0 Å². The third-order valence-electron chi connectivity index (χ3n) is 5.54. The molecule has 0 aromatic heterocycles. The van der Waals surface area contributed by atoms with Crippen molar-refractivity contribution in [3.63, 3.8) is 0 Å². The molecule has 8 nitrogen and oxygen atoms in total. The van der Waals surface area contributed by atoms with Gasteiger partial charge in [-0.15, -0.1) is 11.8 Å². The first-order valence-corrected chi connectivity index (χ1v) is 11.9. The number of aliphatic hydroxyl groups is 1. The topological polar surface area (TPSA) is 101 Å². The van der Waals surface area contributed by atoms with Gasteiger partial charge in [-0.1, -0.05) is 37.3 Å². The molecular formula is C23H32O8S. The van der Waals surface area contributed by atoms with Crippen molar-refractivity contribution < 1.29 is 38.4 Å². The van der Waals surface area contributed by atoms with Crippen LogP contribution in [-0.4, -0.2) is 65.9 Å². The Hall–Kier alpha value is -1.65. The monoisotopic (exact) mass is 468 g/mol. The van der Waals surface area contributed by atoms with Gasteiger partial charge in [-0.3, -0.25) is 9.59 Å². The van der Waals surface area contributed by atoms with Gasteiger partial charge in [0.2, 0.25) is 0 Å². The smallest absolute Gasteiger partial charge is 0.312 e. The highest BCUT2D eigenvalue weighted by Crippen LogP contribution is 2.38. The van der Waals surface area contributed by atoms with Crippen LogP contribution in [-0.2, 0) is 33.3 Å². The van der Waals surface area contributed by atoms with Crippen LogP contribution in [0.15, 0.2) is 30.3 Å². The summed E-state index contributed by atoms with van der Waals surface area (Å²) in [5.41, 5.74) is -0.621. The molecule has 2 heterocycles. The minimum Gasteiger partial charge on any atom is -0.466 e. The van der Waals surface area contributed by atoms with E-state index in [-0.39, 0.29) is 13.2 Å². The minimum absolute atomic E-state index is 0.109. The summed E-state index contributed by atoms with van der Waals surface area (Å²) in [7, 11) is 0. The molecule has 178 valence electrons. The molecule has 1 aromatic carbocycles. The van der Waals surface area contributed by atoms with E-state index in [4.69, 9.17) is 23.7 Å². The second-order valence-electron chi connectivity index (χ2n) is 8.51. The Morgan fingerprint density at radius 2 is 1.94 bits per heavy atom. The van der Waals surface area contributed by atoms with Crippen LogP contribution in [0, 0.1) is 5.41 Å². The van der Waals surface area contributed by atoms with Crippen LogP contribution >= 0.6 is 11.8 Å². The fourth-order valence-electron chi connectivity index (χ4n) is 3.61. The molecule has 9 heteroatoms. The molecule has 0 spiro atoms. The van der Waals surface area contributed by atoms with Gasteiger partial charge in [0.15, 0.2) is 12.4 Å². The van der Waals surface area contributed by atoms with Gasteiger partial charge in [-0.2, -0.15) is 0 Å². The lowest BCUT2D eigenvalue weighted by molar-refractivity contribution is -0.320. The zero-order valence-electron chi connectivity index (χ0n) is 18.9. The van der Waals surface area contributed by atoms with E-state index in [1.807, 2.05) is 37.3 Å². The van der Waals surface area contributed by atoms with Gasteiger partial charge in [-0.05, 0) is 26.0 Å². The van der Waals surface area contributed by atoms with E-state index in [1.54, 1.807) is 13.8 Å². The third kappa shape index (κ3) is 6.02. The predicted molar refractivity (Wildman–Crippen MR) is 118 cm³/mol. The number of thioether (sulfide) groups is 1. The molecule has 0 aliphatic carbocycles. The second kappa shape index (κ2) is 11.0. The van der Waals surface area contributed by atoms with Gasteiger partial charge < -0.3 is 28.8 Å². The summed E-state index contributed by atoms with van der Waals surface area (Å²) in [5.74, 6) is -0.183. The normalized spacial score (nSPS) is 30.3. The Labute approximate surface area is 192 Å². The summed E-state index contributed by atoms with van der Waals surface area (Å²) < 4.78 is 28.8. The van der Waals surface area contributed by atoms with Crippen molar-refractivity contribution in [1.82, 2.24) is 0 Å². The lowest BCUT2D eigenvalue weighted by Gasteiger charge is -2.47. The lowest BCUT2D eigenvalue weighted by Crippen LogP contribution is -2.62. The van der Waals surface area contributed by atoms with Crippen LogP contribution in [0.5, 0.6) is 0 Å². The van der Waals surface area contributed by atoms with E-state index in [0.717, 1.165) is 5.56 Å². The summed E-state index contributed by atoms with van der Waals surface area (Å²) in [4.78, 5) is 24.0. The number of benzene rings is 1. The van der Waals surface area contributed by atoms with Gasteiger partial charge in [0.05, 0.1) is 18.6 Å². The maximum absolute atomic E-state index is 12.9. The molecule has 3 unspecified atom stereocenters. The fourth-order valence-corrected chi connectivity index (χ4v) is 4.56. The first-order chi connectivity index (χ1) is 15.2. The van der Waals surface area contributed by atoms with E-state index in [2.05, 4.69) is 0 Å². The van der Waals surface area contributed by atoms with Gasteiger partial charge in [0.1, 0.15) is 23.7 Å². The Balaban J connectivity index is 1.70. The first-order valence-electron chi connectivity index (χ1n) is 10.8. The van der Waals surface area contributed by atoms with Gasteiger partial charge in [0.25, 0.3) is 0 Å². The van der Waals surface area contributed by atoms with E-state index < -0.39 is 53.5 Å². The molecule has 2 fully saturated rings. The van der Waals surface area contributed by atoms with Crippen molar-refractivity contribution in [3.8, 4) is 0 Å². The molecule has 1 N–H and O–H groups in total. The molecule has 2 aliphatic rings. The van der Waals surface area contributed by atoms with E-state index >= 15 is 0 Å². The Kier molecular flexibility index (Phi) is 8.57. The zero-order valence-corrected chi connectivity index (χ0v) is 19.7. The largest absolute Gasteiger partial charge is 0.466 e. The number of aliphatic hydroxyl groups excluding tert-OH is 1. The second-order valence-corrected chi connectivity index (χ2v) is 9.88.